The number of benzene rings is 1. The zero-order valence-electron chi connectivity index (χ0n) is 15.1. The van der Waals surface area contributed by atoms with Crippen LogP contribution in [0, 0.1) is 11.8 Å². The van der Waals surface area contributed by atoms with Gasteiger partial charge in [-0.1, -0.05) is 6.07 Å². The molecule has 2 nitrogen and oxygen atoms in total. The van der Waals surface area contributed by atoms with E-state index in [9.17, 15) is 4.39 Å². The molecular weight excluding hydrogens is 381 g/mol. The van der Waals surface area contributed by atoms with Gasteiger partial charge in [0.25, 0.3) is 0 Å². The van der Waals surface area contributed by atoms with E-state index in [1.165, 1.54) is 4.88 Å². The van der Waals surface area contributed by atoms with Crippen LogP contribution in [0.1, 0.15) is 24.1 Å². The van der Waals surface area contributed by atoms with Crippen molar-refractivity contribution in [1.82, 2.24) is 4.98 Å². The number of rotatable bonds is 7. The van der Waals surface area contributed by atoms with Gasteiger partial charge in [0, 0.05) is 28.6 Å². The third kappa shape index (κ3) is 4.44. The van der Waals surface area contributed by atoms with Crippen LogP contribution in [-0.2, 0) is 6.42 Å². The number of pyridine rings is 1. The fourth-order valence-corrected chi connectivity index (χ4v) is 5.15. The molecule has 142 valence electrons. The van der Waals surface area contributed by atoms with Crippen molar-refractivity contribution in [3.8, 4) is 5.75 Å². The summed E-state index contributed by atoms with van der Waals surface area (Å²) < 4.78 is 20.3. The first-order valence-corrected chi connectivity index (χ1v) is 10.8. The van der Waals surface area contributed by atoms with Crippen LogP contribution in [0.5, 0.6) is 5.75 Å². The highest BCUT2D eigenvalue weighted by atomic mass is 35.5. The van der Waals surface area contributed by atoms with Gasteiger partial charge in [-0.05, 0) is 72.7 Å². The molecule has 5 heteroatoms. The highest BCUT2D eigenvalue weighted by Gasteiger charge is 2.42. The number of hydrogen-bond donors (Lipinski definition) is 0. The van der Waals surface area contributed by atoms with E-state index >= 15 is 0 Å². The van der Waals surface area contributed by atoms with Gasteiger partial charge in [-0.3, -0.25) is 4.98 Å². The van der Waals surface area contributed by atoms with Crippen molar-refractivity contribution in [3.63, 3.8) is 0 Å². The van der Waals surface area contributed by atoms with Crippen molar-refractivity contribution in [1.29, 1.82) is 0 Å². The Kier molecular flexibility index (Phi) is 5.94. The van der Waals surface area contributed by atoms with Crippen molar-refractivity contribution in [2.24, 2.45) is 11.8 Å². The predicted octanol–water partition coefficient (Wildman–Crippen LogP) is 6.28. The lowest BCUT2D eigenvalue weighted by Crippen LogP contribution is -2.25. The van der Waals surface area contributed by atoms with Gasteiger partial charge in [-0.25, -0.2) is 4.39 Å². The molecule has 0 spiro atoms. The monoisotopic (exact) mass is 403 g/mol. The van der Waals surface area contributed by atoms with E-state index < -0.39 is 11.5 Å². The first-order chi connectivity index (χ1) is 13.2. The summed E-state index contributed by atoms with van der Waals surface area (Å²) in [6, 6.07) is 12.2. The number of fused-ring (bicyclic) bond motifs is 1. The first kappa shape index (κ1) is 18.7. The van der Waals surface area contributed by atoms with Gasteiger partial charge in [0.1, 0.15) is 11.9 Å². The largest absolute Gasteiger partial charge is 0.493 e. The van der Waals surface area contributed by atoms with Crippen LogP contribution < -0.4 is 4.74 Å². The van der Waals surface area contributed by atoms with Crippen LogP contribution in [0.15, 0.2) is 54.2 Å². The Morgan fingerprint density at radius 3 is 3.00 bits per heavy atom. The second-order valence-corrected chi connectivity index (χ2v) is 8.82. The molecule has 4 atom stereocenters. The first-order valence-electron chi connectivity index (χ1n) is 9.48. The summed E-state index contributed by atoms with van der Waals surface area (Å²) >= 11 is 8.19. The van der Waals surface area contributed by atoms with Gasteiger partial charge in [-0.2, -0.15) is 0 Å². The Hall–Kier alpha value is -1.65. The van der Waals surface area contributed by atoms with Crippen molar-refractivity contribution >= 4 is 33.7 Å². The molecule has 4 rings (SSSR count). The third-order valence-electron chi connectivity index (χ3n) is 5.52. The van der Waals surface area contributed by atoms with Crippen LogP contribution in [0.2, 0.25) is 0 Å². The number of aryl methyl sites for hydroxylation is 1. The normalized spacial score (nSPS) is 25.1. The van der Waals surface area contributed by atoms with Gasteiger partial charge in [0.2, 0.25) is 0 Å². The van der Waals surface area contributed by atoms with Gasteiger partial charge < -0.3 is 4.74 Å². The maximum atomic E-state index is 14.3. The molecule has 1 aliphatic carbocycles. The average Bonchev–Trinajstić information content (AvgIpc) is 3.29. The highest BCUT2D eigenvalue weighted by molar-refractivity contribution is 7.09. The fraction of sp³-hybridized carbons (Fsp3) is 0.409. The smallest absolute Gasteiger partial charge is 0.119 e. The molecule has 1 fully saturated rings. The molecule has 0 radical (unpaired) electrons. The van der Waals surface area contributed by atoms with Crippen molar-refractivity contribution in [2.45, 2.75) is 37.2 Å². The van der Waals surface area contributed by atoms with E-state index in [-0.39, 0.29) is 11.8 Å². The highest BCUT2D eigenvalue weighted by Crippen LogP contribution is 2.41. The van der Waals surface area contributed by atoms with E-state index in [1.807, 2.05) is 30.5 Å². The topological polar surface area (TPSA) is 22.1 Å². The Morgan fingerprint density at radius 1 is 1.22 bits per heavy atom. The quantitative estimate of drug-likeness (QED) is 0.433. The molecule has 1 aromatic carbocycles. The molecule has 0 aliphatic heterocycles. The van der Waals surface area contributed by atoms with E-state index in [2.05, 4.69) is 22.5 Å². The summed E-state index contributed by atoms with van der Waals surface area (Å²) in [5, 5.41) is 3.82. The Morgan fingerprint density at radius 2 is 2.15 bits per heavy atom. The van der Waals surface area contributed by atoms with Crippen LogP contribution in [0.3, 0.4) is 0 Å². The van der Waals surface area contributed by atoms with Crippen molar-refractivity contribution in [3.05, 3.63) is 59.0 Å². The Balaban J connectivity index is 1.36. The number of halogens is 2. The number of alkyl halides is 2. The van der Waals surface area contributed by atoms with E-state index in [1.54, 1.807) is 17.5 Å². The minimum Gasteiger partial charge on any atom is -0.493 e. The van der Waals surface area contributed by atoms with Gasteiger partial charge in [0.05, 0.1) is 12.0 Å². The second kappa shape index (κ2) is 8.57. The summed E-state index contributed by atoms with van der Waals surface area (Å²) in [5.74, 6) is 1.14. The molecular formula is C22H23ClFNOS. The maximum Gasteiger partial charge on any atom is 0.119 e. The van der Waals surface area contributed by atoms with E-state index in [0.29, 0.717) is 13.0 Å². The Bertz CT molecular complexity index is 872. The summed E-state index contributed by atoms with van der Waals surface area (Å²) in [7, 11) is 0. The average molecular weight is 404 g/mol. The second-order valence-electron chi connectivity index (χ2n) is 7.29. The number of thiophene rings is 1. The van der Waals surface area contributed by atoms with E-state index in [0.717, 1.165) is 35.8 Å². The van der Waals surface area contributed by atoms with Gasteiger partial charge in [0.15, 0.2) is 0 Å². The number of ether oxygens (including phenoxy) is 1. The lowest BCUT2D eigenvalue weighted by Gasteiger charge is -2.22. The van der Waals surface area contributed by atoms with Crippen LogP contribution >= 0.6 is 22.9 Å². The van der Waals surface area contributed by atoms with Crippen molar-refractivity contribution in [2.75, 3.05) is 6.61 Å². The molecule has 0 saturated heterocycles. The molecule has 0 N–H and O–H groups in total. The molecule has 3 aromatic rings. The Labute approximate surface area is 168 Å². The summed E-state index contributed by atoms with van der Waals surface area (Å²) in [6.07, 6.45) is 6.35. The van der Waals surface area contributed by atoms with Crippen LogP contribution in [0.4, 0.5) is 4.39 Å². The molecule has 1 aliphatic rings. The molecule has 2 aromatic heterocycles. The molecule has 0 amide bonds. The molecule has 2 heterocycles. The SMILES string of the molecule is FC1C[C@H](CCCc2cccs2)[C@@H](COc2ccc3cnccc3c2)C1Cl. The third-order valence-corrected chi connectivity index (χ3v) is 7.05. The van der Waals surface area contributed by atoms with Gasteiger partial charge in [-0.15, -0.1) is 22.9 Å². The number of nitrogens with zero attached hydrogens (tertiary/aromatic N) is 1. The predicted molar refractivity (Wildman–Crippen MR) is 111 cm³/mol. The molecule has 27 heavy (non-hydrogen) atoms. The lowest BCUT2D eigenvalue weighted by molar-refractivity contribution is 0.208. The van der Waals surface area contributed by atoms with Gasteiger partial charge >= 0.3 is 0 Å². The zero-order chi connectivity index (χ0) is 18.6. The molecule has 0 bridgehead atoms. The maximum absolute atomic E-state index is 14.3. The number of aromatic nitrogens is 1. The lowest BCUT2D eigenvalue weighted by atomic mass is 9.91. The molecule has 2 unspecified atom stereocenters. The molecule has 1 saturated carbocycles. The summed E-state index contributed by atoms with van der Waals surface area (Å²) in [5.41, 5.74) is 0. The van der Waals surface area contributed by atoms with E-state index in [4.69, 9.17) is 16.3 Å². The standard InChI is InChI=1S/C22H23ClFNOS/c23-22-20(14-26-18-7-6-17-13-25-9-8-15(17)11-18)16(12-21(22)24)3-1-4-19-5-2-10-27-19/h2,5-11,13,16,20-22H,1,3-4,12,14H2/t16-,20+,21?,22?/m0/s1. The van der Waals surface area contributed by atoms with Crippen LogP contribution in [0.25, 0.3) is 10.8 Å². The fourth-order valence-electron chi connectivity index (χ4n) is 4.02. The number of hydrogen-bond acceptors (Lipinski definition) is 3. The minimum absolute atomic E-state index is 0.0538. The van der Waals surface area contributed by atoms with Crippen molar-refractivity contribution < 1.29 is 9.13 Å². The summed E-state index contributed by atoms with van der Waals surface area (Å²) in [4.78, 5) is 5.52. The minimum atomic E-state index is -0.935. The zero-order valence-corrected chi connectivity index (χ0v) is 16.6. The summed E-state index contributed by atoms with van der Waals surface area (Å²) in [6.45, 7) is 0.467. The van der Waals surface area contributed by atoms with Crippen LogP contribution in [-0.4, -0.2) is 23.1 Å².